The number of carbonyl (C=O) groups is 2. The Labute approximate surface area is 240 Å². The van der Waals surface area contributed by atoms with Gasteiger partial charge in [-0.3, -0.25) is 9.59 Å². The first-order chi connectivity index (χ1) is 19.0. The highest BCUT2D eigenvalue weighted by Crippen LogP contribution is 2.45. The number of halogens is 1. The first kappa shape index (κ1) is 26.2. The normalized spacial score (nSPS) is 20.1. The molecule has 0 unspecified atom stereocenters. The molecule has 1 N–H and O–H groups in total. The Morgan fingerprint density at radius 2 is 1.97 bits per heavy atom. The number of rotatable bonds is 8. The summed E-state index contributed by atoms with van der Waals surface area (Å²) < 4.78 is 0.883. The smallest absolute Gasteiger partial charge is 0.274 e. The predicted octanol–water partition coefficient (Wildman–Crippen LogP) is 6.34. The zero-order chi connectivity index (χ0) is 27.1. The molecule has 1 saturated carbocycles. The number of hydrogen-bond donors (Lipinski definition) is 1. The monoisotopic (exact) mass is 579 g/mol. The van der Waals surface area contributed by atoms with Crippen molar-refractivity contribution < 1.29 is 9.59 Å². The summed E-state index contributed by atoms with van der Waals surface area (Å²) in [6, 6.07) is 13.3. The predicted molar refractivity (Wildman–Crippen MR) is 159 cm³/mol. The lowest BCUT2D eigenvalue weighted by atomic mass is 9.98. The first-order valence-electron chi connectivity index (χ1n) is 13.4. The molecule has 7 nitrogen and oxygen atoms in total. The van der Waals surface area contributed by atoms with Crippen LogP contribution in [-0.2, 0) is 0 Å². The number of benzene rings is 2. The maximum absolute atomic E-state index is 14.3. The fourth-order valence-electron chi connectivity index (χ4n) is 6.06. The lowest BCUT2D eigenvalue weighted by Crippen LogP contribution is -2.50. The minimum atomic E-state index is -0.128. The summed E-state index contributed by atoms with van der Waals surface area (Å²) in [5.41, 5.74) is 4.58. The molecule has 4 aromatic rings. The Hall–Kier alpha value is -3.01. The lowest BCUT2D eigenvalue weighted by Gasteiger charge is -2.35. The van der Waals surface area contributed by atoms with Gasteiger partial charge in [0.25, 0.3) is 11.8 Å². The largest absolute Gasteiger partial charge is 0.350 e. The van der Waals surface area contributed by atoms with E-state index in [9.17, 15) is 9.59 Å². The summed E-state index contributed by atoms with van der Waals surface area (Å²) in [6.45, 7) is 6.22. The fourth-order valence-corrected chi connectivity index (χ4v) is 8.23. The third-order valence-electron chi connectivity index (χ3n) is 7.99. The van der Waals surface area contributed by atoms with Crippen molar-refractivity contribution in [3.8, 4) is 10.4 Å². The summed E-state index contributed by atoms with van der Waals surface area (Å²) in [4.78, 5) is 41.8. The molecule has 3 heterocycles. The van der Waals surface area contributed by atoms with Gasteiger partial charge in [-0.2, -0.15) is 0 Å². The average Bonchev–Trinajstić information content (AvgIpc) is 3.75. The number of piperidine rings is 1. The van der Waals surface area contributed by atoms with Crippen molar-refractivity contribution in [3.63, 3.8) is 0 Å². The maximum atomic E-state index is 14.3. The van der Waals surface area contributed by atoms with Crippen LogP contribution in [0.3, 0.4) is 0 Å². The van der Waals surface area contributed by atoms with Crippen molar-refractivity contribution >= 4 is 61.4 Å². The second-order valence-corrected chi connectivity index (χ2v) is 12.3. The average molecular weight is 580 g/mol. The van der Waals surface area contributed by atoms with E-state index in [-0.39, 0.29) is 23.9 Å². The second kappa shape index (κ2) is 10.9. The topological polar surface area (TPSA) is 78.4 Å². The number of nitrogens with one attached hydrogen (secondary N) is 1. The third-order valence-corrected chi connectivity index (χ3v) is 10.3. The molecule has 1 saturated heterocycles. The van der Waals surface area contributed by atoms with Gasteiger partial charge in [0.15, 0.2) is 5.13 Å². The van der Waals surface area contributed by atoms with Gasteiger partial charge in [-0.05, 0) is 68.9 Å². The number of nitrogens with zero attached hydrogens (tertiary/aromatic N) is 4. The van der Waals surface area contributed by atoms with E-state index in [1.165, 1.54) is 22.7 Å². The van der Waals surface area contributed by atoms with Crippen molar-refractivity contribution in [2.24, 2.45) is 5.92 Å². The summed E-state index contributed by atoms with van der Waals surface area (Å²) in [7, 11) is 0. The van der Waals surface area contributed by atoms with Crippen LogP contribution in [0.2, 0.25) is 5.02 Å². The number of anilines is 1. The van der Waals surface area contributed by atoms with Crippen LogP contribution in [-0.4, -0.2) is 58.4 Å². The molecule has 1 aliphatic heterocycles. The molecular weight excluding hydrogens is 550 g/mol. The van der Waals surface area contributed by atoms with Crippen LogP contribution < -0.4 is 10.2 Å². The number of amides is 2. The summed E-state index contributed by atoms with van der Waals surface area (Å²) in [5.74, 6) is 0.182. The molecule has 2 aromatic heterocycles. The Morgan fingerprint density at radius 3 is 2.77 bits per heavy atom. The van der Waals surface area contributed by atoms with Gasteiger partial charge >= 0.3 is 0 Å². The highest BCUT2D eigenvalue weighted by molar-refractivity contribution is 7.19. The van der Waals surface area contributed by atoms with E-state index in [4.69, 9.17) is 16.6 Å². The molecule has 39 heavy (non-hydrogen) atoms. The molecule has 3 atom stereocenters. The minimum Gasteiger partial charge on any atom is -0.350 e. The van der Waals surface area contributed by atoms with Gasteiger partial charge in [0.05, 0.1) is 32.2 Å². The number of aromatic nitrogens is 2. The Morgan fingerprint density at radius 1 is 1.15 bits per heavy atom. The second-order valence-electron chi connectivity index (χ2n) is 10.1. The number of likely N-dealkylation sites (tertiary alicyclic amines) is 1. The van der Waals surface area contributed by atoms with Gasteiger partial charge in [0.2, 0.25) is 0 Å². The SMILES string of the molecule is CCN(CC)c1nc(C(=O)N2[C@@H]3CC[C@@H](C3)[C@H]2CNC(=O)c2cccc3ncsc23)c(-c2cccc(Cl)c2)s1. The number of hydrogen-bond acceptors (Lipinski definition) is 7. The van der Waals surface area contributed by atoms with Crippen molar-refractivity contribution in [2.45, 2.75) is 45.2 Å². The molecule has 2 aliphatic rings. The van der Waals surface area contributed by atoms with E-state index in [2.05, 4.69) is 29.0 Å². The minimum absolute atomic E-state index is 0.0596. The van der Waals surface area contributed by atoms with Gasteiger partial charge < -0.3 is 15.1 Å². The molecule has 1 aliphatic carbocycles. The molecule has 2 fully saturated rings. The zero-order valence-corrected chi connectivity index (χ0v) is 24.3. The first-order valence-corrected chi connectivity index (χ1v) is 15.5. The van der Waals surface area contributed by atoms with Gasteiger partial charge in [0.1, 0.15) is 5.69 Å². The van der Waals surface area contributed by atoms with E-state index >= 15 is 0 Å². The van der Waals surface area contributed by atoms with Gasteiger partial charge in [-0.15, -0.1) is 11.3 Å². The van der Waals surface area contributed by atoms with Crippen molar-refractivity contribution in [2.75, 3.05) is 24.5 Å². The number of carbonyl (C=O) groups excluding carboxylic acids is 2. The van der Waals surface area contributed by atoms with Gasteiger partial charge in [0, 0.05) is 30.7 Å². The molecule has 2 amide bonds. The van der Waals surface area contributed by atoms with Crippen LogP contribution in [0.5, 0.6) is 0 Å². The quantitative estimate of drug-likeness (QED) is 0.263. The lowest BCUT2D eigenvalue weighted by molar-refractivity contribution is 0.0578. The van der Waals surface area contributed by atoms with E-state index in [0.29, 0.717) is 28.7 Å². The van der Waals surface area contributed by atoms with E-state index in [1.54, 1.807) is 5.51 Å². The van der Waals surface area contributed by atoms with Crippen LogP contribution in [0.25, 0.3) is 20.7 Å². The van der Waals surface area contributed by atoms with E-state index in [0.717, 1.165) is 58.1 Å². The van der Waals surface area contributed by atoms with Gasteiger partial charge in [-0.25, -0.2) is 9.97 Å². The van der Waals surface area contributed by atoms with Crippen LogP contribution in [0.4, 0.5) is 5.13 Å². The Balaban J connectivity index is 1.30. The maximum Gasteiger partial charge on any atom is 0.274 e. The van der Waals surface area contributed by atoms with Crippen molar-refractivity contribution in [1.29, 1.82) is 0 Å². The molecular formula is C29H30ClN5O2S2. The standard InChI is InChI=1S/C29H30ClN5O2S2/c1-3-34(4-2)29-33-24(25(39-29)18-7-5-8-19(30)13-18)28(37)35-20-12-11-17(14-20)23(35)15-31-27(36)21-9-6-10-22-26(21)38-16-32-22/h5-10,13,16-17,20,23H,3-4,11-12,14-15H2,1-2H3,(H,31,36)/t17-,20+,23+/m0/s1. The summed E-state index contributed by atoms with van der Waals surface area (Å²) >= 11 is 9.34. The molecule has 2 bridgehead atoms. The van der Waals surface area contributed by atoms with Crippen molar-refractivity contribution in [3.05, 3.63) is 64.3 Å². The van der Waals surface area contributed by atoms with E-state index in [1.807, 2.05) is 47.4 Å². The highest BCUT2D eigenvalue weighted by atomic mass is 35.5. The van der Waals surface area contributed by atoms with Crippen LogP contribution in [0.15, 0.2) is 48.0 Å². The molecule has 6 rings (SSSR count). The van der Waals surface area contributed by atoms with Crippen molar-refractivity contribution in [1.82, 2.24) is 20.2 Å². The molecule has 0 spiro atoms. The van der Waals surface area contributed by atoms with Gasteiger partial charge in [-0.1, -0.05) is 41.1 Å². The highest BCUT2D eigenvalue weighted by Gasteiger charge is 2.49. The fraction of sp³-hybridized carbons (Fsp3) is 0.379. The summed E-state index contributed by atoms with van der Waals surface area (Å²) in [6.07, 6.45) is 3.03. The number of thiazole rings is 2. The number of fused-ring (bicyclic) bond motifs is 3. The molecule has 0 radical (unpaired) electrons. The van der Waals surface area contributed by atoms with E-state index < -0.39 is 0 Å². The van der Waals surface area contributed by atoms with Crippen LogP contribution in [0, 0.1) is 5.92 Å². The third kappa shape index (κ3) is 4.81. The summed E-state index contributed by atoms with van der Waals surface area (Å²) in [5, 5.41) is 4.61. The van der Waals surface area contributed by atoms with Crippen LogP contribution in [0.1, 0.15) is 54.0 Å². The molecule has 2 aromatic carbocycles. The molecule has 202 valence electrons. The molecule has 10 heteroatoms. The zero-order valence-electron chi connectivity index (χ0n) is 21.9. The Kier molecular flexibility index (Phi) is 7.31. The Bertz CT molecular complexity index is 1530. The van der Waals surface area contributed by atoms with Crippen LogP contribution >= 0.6 is 34.3 Å².